The number of nitrogens with one attached hydrogen (secondary N) is 1. The molecule has 0 fully saturated rings. The molecule has 2 unspecified atom stereocenters. The minimum atomic E-state index is -1.10. The van der Waals surface area contributed by atoms with Crippen LogP contribution in [0.5, 0.6) is 0 Å². The fourth-order valence-corrected chi connectivity index (χ4v) is 1.24. The fraction of sp³-hybridized carbons (Fsp3) is 0.636. The van der Waals surface area contributed by atoms with E-state index in [1.54, 1.807) is 33.8 Å². The molecule has 0 aromatic heterocycles. The molecule has 0 spiro atoms. The molecule has 0 saturated carbocycles. The normalized spacial score (nSPS) is 15.2. The lowest BCUT2D eigenvalue weighted by atomic mass is 9.80. The Morgan fingerprint density at radius 1 is 1.40 bits per heavy atom. The number of carbonyl (C=O) groups is 2. The van der Waals surface area contributed by atoms with Gasteiger partial charge in [0.2, 0.25) is 5.91 Å². The molecule has 0 bridgehead atoms. The van der Waals surface area contributed by atoms with Gasteiger partial charge in [-0.2, -0.15) is 0 Å². The van der Waals surface area contributed by atoms with Crippen LogP contribution in [-0.4, -0.2) is 23.0 Å². The van der Waals surface area contributed by atoms with Crippen molar-refractivity contribution >= 4 is 11.9 Å². The van der Waals surface area contributed by atoms with Crippen LogP contribution in [-0.2, 0) is 9.59 Å². The highest BCUT2D eigenvalue weighted by molar-refractivity contribution is 5.97. The SMILES string of the molecule is C=CC(C)NC(=O)C(C(=O)O)C(C)(C)C. The van der Waals surface area contributed by atoms with Gasteiger partial charge in [0.15, 0.2) is 0 Å². The van der Waals surface area contributed by atoms with E-state index in [0.717, 1.165) is 0 Å². The lowest BCUT2D eigenvalue weighted by molar-refractivity contribution is -0.151. The van der Waals surface area contributed by atoms with E-state index in [2.05, 4.69) is 11.9 Å². The van der Waals surface area contributed by atoms with Crippen LogP contribution >= 0.6 is 0 Å². The molecular formula is C11H19NO3. The second kappa shape index (κ2) is 4.96. The summed E-state index contributed by atoms with van der Waals surface area (Å²) < 4.78 is 0. The Balaban J connectivity index is 4.73. The van der Waals surface area contributed by atoms with Crippen LogP contribution < -0.4 is 5.32 Å². The average molecular weight is 213 g/mol. The van der Waals surface area contributed by atoms with Crippen molar-refractivity contribution in [2.75, 3.05) is 0 Å². The number of rotatable bonds is 4. The van der Waals surface area contributed by atoms with E-state index in [1.807, 2.05) is 0 Å². The molecule has 0 aliphatic rings. The lowest BCUT2D eigenvalue weighted by Gasteiger charge is -2.26. The molecule has 15 heavy (non-hydrogen) atoms. The van der Waals surface area contributed by atoms with Gasteiger partial charge in [-0.3, -0.25) is 9.59 Å². The van der Waals surface area contributed by atoms with Crippen molar-refractivity contribution in [3.8, 4) is 0 Å². The predicted octanol–water partition coefficient (Wildman–Crippen LogP) is 1.42. The first-order chi connectivity index (χ1) is 6.70. The summed E-state index contributed by atoms with van der Waals surface area (Å²) in [4.78, 5) is 22.6. The van der Waals surface area contributed by atoms with Crippen LogP contribution in [0.25, 0.3) is 0 Å². The van der Waals surface area contributed by atoms with Gasteiger partial charge in [0.05, 0.1) is 0 Å². The highest BCUT2D eigenvalue weighted by Gasteiger charge is 2.37. The summed E-state index contributed by atoms with van der Waals surface area (Å²) in [6, 6.07) is -0.221. The van der Waals surface area contributed by atoms with Gasteiger partial charge in [-0.05, 0) is 12.3 Å². The van der Waals surface area contributed by atoms with Crippen molar-refractivity contribution in [2.24, 2.45) is 11.3 Å². The van der Waals surface area contributed by atoms with Crippen molar-refractivity contribution in [1.29, 1.82) is 0 Å². The van der Waals surface area contributed by atoms with E-state index in [4.69, 9.17) is 5.11 Å². The third kappa shape index (κ3) is 4.14. The molecule has 0 heterocycles. The Labute approximate surface area is 90.4 Å². The Morgan fingerprint density at radius 3 is 2.13 bits per heavy atom. The maximum Gasteiger partial charge on any atom is 0.316 e. The number of hydrogen-bond acceptors (Lipinski definition) is 2. The zero-order valence-electron chi connectivity index (χ0n) is 9.70. The van der Waals surface area contributed by atoms with E-state index >= 15 is 0 Å². The molecule has 4 heteroatoms. The molecule has 0 aliphatic heterocycles. The third-order valence-electron chi connectivity index (χ3n) is 2.10. The van der Waals surface area contributed by atoms with Gasteiger partial charge in [0.1, 0.15) is 5.92 Å². The van der Waals surface area contributed by atoms with Gasteiger partial charge in [0, 0.05) is 6.04 Å². The summed E-state index contributed by atoms with van der Waals surface area (Å²) in [5.41, 5.74) is -0.600. The topological polar surface area (TPSA) is 66.4 Å². The van der Waals surface area contributed by atoms with Gasteiger partial charge in [-0.1, -0.05) is 26.8 Å². The lowest BCUT2D eigenvalue weighted by Crippen LogP contribution is -2.45. The second-order valence-corrected chi connectivity index (χ2v) is 4.67. The number of carboxylic acids is 1. The molecule has 86 valence electrons. The summed E-state index contributed by atoms with van der Waals surface area (Å²) in [5, 5.41) is 11.6. The first-order valence-corrected chi connectivity index (χ1v) is 4.86. The third-order valence-corrected chi connectivity index (χ3v) is 2.10. The van der Waals surface area contributed by atoms with Crippen LogP contribution in [0.15, 0.2) is 12.7 Å². The Bertz CT molecular complexity index is 265. The summed E-state index contributed by atoms with van der Waals surface area (Å²) in [5.74, 6) is -2.61. The summed E-state index contributed by atoms with van der Waals surface area (Å²) in [7, 11) is 0. The number of carboxylic acid groups (broad SMARTS) is 1. The summed E-state index contributed by atoms with van der Waals surface area (Å²) >= 11 is 0. The van der Waals surface area contributed by atoms with Gasteiger partial charge in [-0.15, -0.1) is 6.58 Å². The quantitative estimate of drug-likeness (QED) is 0.548. The van der Waals surface area contributed by atoms with Gasteiger partial charge in [-0.25, -0.2) is 0 Å². The first-order valence-electron chi connectivity index (χ1n) is 4.86. The molecule has 4 nitrogen and oxygen atoms in total. The van der Waals surface area contributed by atoms with Gasteiger partial charge < -0.3 is 10.4 Å². The van der Waals surface area contributed by atoms with Crippen molar-refractivity contribution < 1.29 is 14.7 Å². The molecule has 2 atom stereocenters. The molecule has 0 aromatic carbocycles. The predicted molar refractivity (Wildman–Crippen MR) is 58.4 cm³/mol. The van der Waals surface area contributed by atoms with Crippen LogP contribution in [0.3, 0.4) is 0 Å². The average Bonchev–Trinajstić information content (AvgIpc) is 1.99. The number of aliphatic carboxylic acids is 1. The summed E-state index contributed by atoms with van der Waals surface area (Å²) in [6.07, 6.45) is 1.56. The molecule has 2 N–H and O–H groups in total. The van der Waals surface area contributed by atoms with Crippen molar-refractivity contribution in [1.82, 2.24) is 5.32 Å². The van der Waals surface area contributed by atoms with Crippen molar-refractivity contribution in [2.45, 2.75) is 33.7 Å². The Kier molecular flexibility index (Phi) is 4.52. The maximum absolute atomic E-state index is 11.7. The number of amides is 1. The van der Waals surface area contributed by atoms with E-state index in [9.17, 15) is 9.59 Å². The summed E-state index contributed by atoms with van der Waals surface area (Å²) in [6.45, 7) is 10.4. The zero-order valence-corrected chi connectivity index (χ0v) is 9.70. The Hall–Kier alpha value is -1.32. The molecule has 0 rings (SSSR count). The molecule has 0 saturated heterocycles. The minimum Gasteiger partial charge on any atom is -0.481 e. The Morgan fingerprint density at radius 2 is 1.87 bits per heavy atom. The standard InChI is InChI=1S/C11H19NO3/c1-6-7(2)12-9(13)8(10(14)15)11(3,4)5/h6-8H,1H2,2-5H3,(H,12,13)(H,14,15). The second-order valence-electron chi connectivity index (χ2n) is 4.67. The van der Waals surface area contributed by atoms with E-state index in [1.165, 1.54) is 0 Å². The minimum absolute atomic E-state index is 0.221. The largest absolute Gasteiger partial charge is 0.481 e. The number of hydrogen-bond donors (Lipinski definition) is 2. The zero-order chi connectivity index (χ0) is 12.2. The highest BCUT2D eigenvalue weighted by Crippen LogP contribution is 2.26. The maximum atomic E-state index is 11.7. The monoisotopic (exact) mass is 213 g/mol. The van der Waals surface area contributed by atoms with Crippen molar-refractivity contribution in [3.05, 3.63) is 12.7 Å². The van der Waals surface area contributed by atoms with Gasteiger partial charge >= 0.3 is 5.97 Å². The van der Waals surface area contributed by atoms with E-state index in [-0.39, 0.29) is 6.04 Å². The molecule has 0 aliphatic carbocycles. The van der Waals surface area contributed by atoms with Crippen LogP contribution in [0, 0.1) is 11.3 Å². The van der Waals surface area contributed by atoms with Gasteiger partial charge in [0.25, 0.3) is 0 Å². The van der Waals surface area contributed by atoms with Crippen molar-refractivity contribution in [3.63, 3.8) is 0 Å². The van der Waals surface area contributed by atoms with E-state index in [0.29, 0.717) is 0 Å². The molecular weight excluding hydrogens is 194 g/mol. The number of carbonyl (C=O) groups excluding carboxylic acids is 1. The molecule has 0 radical (unpaired) electrons. The first kappa shape index (κ1) is 13.7. The fourth-order valence-electron chi connectivity index (χ4n) is 1.24. The molecule has 1 amide bonds. The molecule has 0 aromatic rings. The smallest absolute Gasteiger partial charge is 0.316 e. The highest BCUT2D eigenvalue weighted by atomic mass is 16.4. The van der Waals surface area contributed by atoms with E-state index < -0.39 is 23.2 Å². The van der Waals surface area contributed by atoms with Crippen LogP contribution in [0.1, 0.15) is 27.7 Å². The van der Waals surface area contributed by atoms with Crippen LogP contribution in [0.4, 0.5) is 0 Å². The van der Waals surface area contributed by atoms with Crippen LogP contribution in [0.2, 0.25) is 0 Å².